The van der Waals surface area contributed by atoms with Gasteiger partial charge in [-0.3, -0.25) is 4.98 Å². The second-order valence-electron chi connectivity index (χ2n) is 4.86. The second-order valence-corrected chi connectivity index (χ2v) is 4.86. The van der Waals surface area contributed by atoms with E-state index in [1.807, 2.05) is 18.3 Å². The topological polar surface area (TPSA) is 37.4 Å². The van der Waals surface area contributed by atoms with E-state index in [0.717, 1.165) is 38.5 Å². The summed E-state index contributed by atoms with van der Waals surface area (Å²) < 4.78 is 5.37. The molecule has 4 heteroatoms. The Balaban J connectivity index is 1.58. The highest BCUT2D eigenvalue weighted by atomic mass is 16.5. The molecule has 0 aliphatic carbocycles. The Hall–Kier alpha value is -2.07. The lowest BCUT2D eigenvalue weighted by molar-refractivity contribution is 0.122. The fraction of sp³-hybridized carbons (Fsp3) is 0.312. The highest BCUT2D eigenvalue weighted by Gasteiger charge is 2.10. The monoisotopic (exact) mass is 269 g/mol. The molecule has 1 aromatic carbocycles. The van der Waals surface area contributed by atoms with E-state index in [9.17, 15) is 0 Å². The van der Waals surface area contributed by atoms with Crippen LogP contribution in [-0.2, 0) is 11.3 Å². The van der Waals surface area contributed by atoms with Crippen molar-refractivity contribution < 1.29 is 4.74 Å². The van der Waals surface area contributed by atoms with Crippen LogP contribution in [-0.4, -0.2) is 31.3 Å². The zero-order valence-electron chi connectivity index (χ0n) is 11.5. The summed E-state index contributed by atoms with van der Waals surface area (Å²) in [6.07, 6.45) is 3.62. The molecule has 0 amide bonds. The third-order valence-electron chi connectivity index (χ3n) is 3.47. The van der Waals surface area contributed by atoms with Crippen LogP contribution in [0.3, 0.4) is 0 Å². The van der Waals surface area contributed by atoms with Crippen LogP contribution in [0.25, 0.3) is 0 Å². The van der Waals surface area contributed by atoms with Gasteiger partial charge in [-0.1, -0.05) is 12.1 Å². The van der Waals surface area contributed by atoms with Gasteiger partial charge in [-0.05, 0) is 29.8 Å². The second kappa shape index (κ2) is 6.39. The maximum Gasteiger partial charge on any atom is 0.0642 e. The number of hydrogen-bond donors (Lipinski definition) is 1. The number of nitrogens with one attached hydrogen (secondary N) is 1. The molecule has 1 N–H and O–H groups in total. The SMILES string of the molecule is c1cncc(NCc2ccc(N3CCOCC3)cc2)c1. The van der Waals surface area contributed by atoms with Crippen molar-refractivity contribution in [3.8, 4) is 0 Å². The zero-order chi connectivity index (χ0) is 13.6. The van der Waals surface area contributed by atoms with Crippen LogP contribution in [0, 0.1) is 0 Å². The fourth-order valence-electron chi connectivity index (χ4n) is 2.32. The molecule has 0 unspecified atom stereocenters. The molecule has 1 saturated heterocycles. The predicted octanol–water partition coefficient (Wildman–Crippen LogP) is 2.53. The minimum absolute atomic E-state index is 0.815. The van der Waals surface area contributed by atoms with Crippen molar-refractivity contribution in [3.63, 3.8) is 0 Å². The van der Waals surface area contributed by atoms with Crippen LogP contribution in [0.4, 0.5) is 11.4 Å². The van der Waals surface area contributed by atoms with Crippen LogP contribution >= 0.6 is 0 Å². The van der Waals surface area contributed by atoms with Gasteiger partial charge in [-0.15, -0.1) is 0 Å². The number of hydrogen-bond acceptors (Lipinski definition) is 4. The molecule has 0 saturated carbocycles. The molecular weight excluding hydrogens is 250 g/mol. The standard InChI is InChI=1S/C16H19N3O/c1-2-15(13-17-7-1)18-12-14-3-5-16(6-4-14)19-8-10-20-11-9-19/h1-7,13,18H,8-12H2. The molecular formula is C16H19N3O. The van der Waals surface area contributed by atoms with Gasteiger partial charge in [0.2, 0.25) is 0 Å². The van der Waals surface area contributed by atoms with Crippen LogP contribution in [0.2, 0.25) is 0 Å². The quantitative estimate of drug-likeness (QED) is 0.925. The van der Waals surface area contributed by atoms with Crippen molar-refractivity contribution in [2.75, 3.05) is 36.5 Å². The summed E-state index contributed by atoms with van der Waals surface area (Å²) in [7, 11) is 0. The maximum absolute atomic E-state index is 5.37. The van der Waals surface area contributed by atoms with Gasteiger partial charge in [0, 0.05) is 37.7 Å². The van der Waals surface area contributed by atoms with Crippen molar-refractivity contribution in [2.24, 2.45) is 0 Å². The molecule has 2 aromatic rings. The molecule has 1 aliphatic heterocycles. The molecule has 0 radical (unpaired) electrons. The van der Waals surface area contributed by atoms with E-state index in [0.29, 0.717) is 0 Å². The van der Waals surface area contributed by atoms with Gasteiger partial charge in [-0.25, -0.2) is 0 Å². The number of anilines is 2. The third kappa shape index (κ3) is 3.27. The average molecular weight is 269 g/mol. The largest absolute Gasteiger partial charge is 0.380 e. The highest BCUT2D eigenvalue weighted by molar-refractivity contribution is 5.48. The maximum atomic E-state index is 5.37. The summed E-state index contributed by atoms with van der Waals surface area (Å²) in [5.41, 5.74) is 3.59. The van der Waals surface area contributed by atoms with Gasteiger partial charge < -0.3 is 15.0 Å². The molecule has 4 nitrogen and oxygen atoms in total. The number of aromatic nitrogens is 1. The molecule has 1 aromatic heterocycles. The minimum Gasteiger partial charge on any atom is -0.380 e. The zero-order valence-corrected chi connectivity index (χ0v) is 11.5. The smallest absolute Gasteiger partial charge is 0.0642 e. The minimum atomic E-state index is 0.815. The van der Waals surface area contributed by atoms with E-state index in [-0.39, 0.29) is 0 Å². The van der Waals surface area contributed by atoms with Gasteiger partial charge in [0.15, 0.2) is 0 Å². The van der Waals surface area contributed by atoms with Crippen molar-refractivity contribution >= 4 is 11.4 Å². The molecule has 1 fully saturated rings. The number of ether oxygens (including phenoxy) is 1. The van der Waals surface area contributed by atoms with Crippen molar-refractivity contribution in [2.45, 2.75) is 6.54 Å². The van der Waals surface area contributed by atoms with Crippen LogP contribution in [0.1, 0.15) is 5.56 Å². The van der Waals surface area contributed by atoms with Gasteiger partial charge in [0.05, 0.1) is 18.9 Å². The Morgan fingerprint density at radius 2 is 1.90 bits per heavy atom. The first-order valence-electron chi connectivity index (χ1n) is 6.97. The number of nitrogens with zero attached hydrogens (tertiary/aromatic N) is 2. The van der Waals surface area contributed by atoms with E-state index < -0.39 is 0 Å². The van der Waals surface area contributed by atoms with Crippen molar-refractivity contribution in [1.82, 2.24) is 4.98 Å². The molecule has 20 heavy (non-hydrogen) atoms. The lowest BCUT2D eigenvalue weighted by Gasteiger charge is -2.28. The van der Waals surface area contributed by atoms with Crippen molar-refractivity contribution in [1.29, 1.82) is 0 Å². The average Bonchev–Trinajstić information content (AvgIpc) is 2.55. The molecule has 0 bridgehead atoms. The summed E-state index contributed by atoms with van der Waals surface area (Å²) in [4.78, 5) is 6.45. The highest BCUT2D eigenvalue weighted by Crippen LogP contribution is 2.17. The Kier molecular flexibility index (Phi) is 4.13. The molecule has 3 rings (SSSR count). The predicted molar refractivity (Wildman–Crippen MR) is 81.0 cm³/mol. The number of rotatable bonds is 4. The Labute approximate surface area is 119 Å². The third-order valence-corrected chi connectivity index (χ3v) is 3.47. The summed E-state index contributed by atoms with van der Waals surface area (Å²) >= 11 is 0. The van der Waals surface area contributed by atoms with Crippen molar-refractivity contribution in [3.05, 3.63) is 54.4 Å². The first-order valence-corrected chi connectivity index (χ1v) is 6.97. The molecule has 104 valence electrons. The van der Waals surface area contributed by atoms with E-state index in [4.69, 9.17) is 4.74 Å². The van der Waals surface area contributed by atoms with E-state index in [1.54, 1.807) is 6.20 Å². The number of benzene rings is 1. The normalized spacial score (nSPS) is 15.1. The van der Waals surface area contributed by atoms with Crippen LogP contribution in [0.5, 0.6) is 0 Å². The first kappa shape index (κ1) is 12.9. The van der Waals surface area contributed by atoms with Gasteiger partial charge in [0.25, 0.3) is 0 Å². The van der Waals surface area contributed by atoms with E-state index in [1.165, 1.54) is 11.3 Å². The molecule has 0 atom stereocenters. The van der Waals surface area contributed by atoms with Gasteiger partial charge in [-0.2, -0.15) is 0 Å². The van der Waals surface area contributed by atoms with Gasteiger partial charge in [0.1, 0.15) is 0 Å². The molecule has 1 aliphatic rings. The number of morpholine rings is 1. The summed E-state index contributed by atoms with van der Waals surface area (Å²) in [5, 5.41) is 3.36. The Morgan fingerprint density at radius 3 is 2.60 bits per heavy atom. The molecule has 2 heterocycles. The summed E-state index contributed by atoms with van der Waals surface area (Å²) in [6, 6.07) is 12.7. The Morgan fingerprint density at radius 1 is 1.10 bits per heavy atom. The van der Waals surface area contributed by atoms with Crippen LogP contribution in [0.15, 0.2) is 48.8 Å². The summed E-state index contributed by atoms with van der Waals surface area (Å²) in [6.45, 7) is 4.42. The summed E-state index contributed by atoms with van der Waals surface area (Å²) in [5.74, 6) is 0. The fourth-order valence-corrected chi connectivity index (χ4v) is 2.32. The molecule has 0 spiro atoms. The number of pyridine rings is 1. The lowest BCUT2D eigenvalue weighted by atomic mass is 10.2. The van der Waals surface area contributed by atoms with Crippen LogP contribution < -0.4 is 10.2 Å². The lowest BCUT2D eigenvalue weighted by Crippen LogP contribution is -2.36. The van der Waals surface area contributed by atoms with E-state index >= 15 is 0 Å². The van der Waals surface area contributed by atoms with E-state index in [2.05, 4.69) is 39.5 Å². The van der Waals surface area contributed by atoms with Gasteiger partial charge >= 0.3 is 0 Å². The Bertz CT molecular complexity index is 521. The first-order chi connectivity index (χ1) is 9.92.